The zero-order valence-electron chi connectivity index (χ0n) is 31.3. The lowest BCUT2D eigenvalue weighted by atomic mass is 9.87. The van der Waals surface area contributed by atoms with E-state index in [0.717, 1.165) is 0 Å². The summed E-state index contributed by atoms with van der Waals surface area (Å²) in [6.45, 7) is 9.63. The van der Waals surface area contributed by atoms with Crippen LogP contribution in [0.3, 0.4) is 0 Å². The summed E-state index contributed by atoms with van der Waals surface area (Å²) in [6, 6.07) is 41.4. The molecule has 0 bridgehead atoms. The van der Waals surface area contributed by atoms with Crippen molar-refractivity contribution in [2.75, 3.05) is 0 Å². The van der Waals surface area contributed by atoms with E-state index in [1.54, 1.807) is 0 Å². The molecule has 6 heterocycles. The molecule has 0 aliphatic carbocycles. The molecule has 4 nitrogen and oxygen atoms in total. The Balaban J connectivity index is 1.32. The summed E-state index contributed by atoms with van der Waals surface area (Å²) in [6.07, 6.45) is 0. The summed E-state index contributed by atoms with van der Waals surface area (Å²) in [5.74, 6) is 0.598. The van der Waals surface area contributed by atoms with Crippen LogP contribution < -0.4 is 0 Å². The van der Waals surface area contributed by atoms with Crippen LogP contribution in [0.5, 0.6) is 0 Å². The minimum atomic E-state index is 0.299. The first kappa shape index (κ1) is 29.2. The van der Waals surface area contributed by atoms with Gasteiger partial charge < -0.3 is 17.9 Å². The molecule has 0 N–H and O–H groups in total. The molecule has 0 unspecified atom stereocenters. The van der Waals surface area contributed by atoms with Gasteiger partial charge in [0.15, 0.2) is 0 Å². The third-order valence-corrected chi connectivity index (χ3v) is 13.3. The third kappa shape index (κ3) is 3.03. The van der Waals surface area contributed by atoms with Crippen LogP contribution in [-0.4, -0.2) is 17.9 Å². The maximum Gasteiger partial charge on any atom is 0.0621 e. The fourth-order valence-corrected chi connectivity index (χ4v) is 11.4. The van der Waals surface area contributed by atoms with Crippen LogP contribution in [0.4, 0.5) is 0 Å². The van der Waals surface area contributed by atoms with Crippen LogP contribution in [0.15, 0.2) is 109 Å². The maximum atomic E-state index is 2.67. The molecule has 0 atom stereocenters. The average molecular weight is 695 g/mol. The molecule has 0 amide bonds. The van der Waals surface area contributed by atoms with E-state index in [1.807, 2.05) is 0 Å². The minimum absolute atomic E-state index is 0.299. The highest BCUT2D eigenvalue weighted by atomic mass is 15.0. The first-order valence-corrected chi connectivity index (χ1v) is 19.5. The van der Waals surface area contributed by atoms with Gasteiger partial charge >= 0.3 is 0 Å². The molecule has 7 aromatic carbocycles. The fraction of sp³-hybridized carbons (Fsp3) is 0.160. The normalized spacial score (nSPS) is 13.3. The number of para-hydroxylation sites is 4. The lowest BCUT2D eigenvalue weighted by molar-refractivity contribution is 0.869. The average Bonchev–Trinajstić information content (AvgIpc) is 4.01. The van der Waals surface area contributed by atoms with E-state index in [-0.39, 0.29) is 0 Å². The van der Waals surface area contributed by atoms with Gasteiger partial charge in [-0.1, -0.05) is 113 Å². The van der Waals surface area contributed by atoms with Gasteiger partial charge in [0, 0.05) is 89.8 Å². The van der Waals surface area contributed by atoms with Gasteiger partial charge in [-0.3, -0.25) is 0 Å². The molecule has 4 heteroatoms. The van der Waals surface area contributed by atoms with Crippen molar-refractivity contribution in [2.24, 2.45) is 14.1 Å². The zero-order valence-corrected chi connectivity index (χ0v) is 31.3. The molecule has 0 spiro atoms. The molecular weight excluding hydrogens is 657 g/mol. The predicted octanol–water partition coefficient (Wildman–Crippen LogP) is 13.5. The summed E-state index contributed by atoms with van der Waals surface area (Å²) in [4.78, 5) is 0. The molecule has 0 fully saturated rings. The summed E-state index contributed by atoms with van der Waals surface area (Å²) in [7, 11) is 4.48. The van der Waals surface area contributed by atoms with Crippen LogP contribution >= 0.6 is 0 Å². The predicted molar refractivity (Wildman–Crippen MR) is 232 cm³/mol. The molecule has 0 aliphatic rings. The second kappa shape index (κ2) is 9.45. The number of hydrogen-bond acceptors (Lipinski definition) is 0. The first-order valence-electron chi connectivity index (χ1n) is 19.5. The summed E-state index contributed by atoms with van der Waals surface area (Å²) >= 11 is 0. The minimum Gasteiger partial charge on any atom is -0.343 e. The number of hydrogen-bond donors (Lipinski definition) is 0. The van der Waals surface area contributed by atoms with Gasteiger partial charge in [0.05, 0.1) is 44.1 Å². The second-order valence-corrected chi connectivity index (χ2v) is 16.5. The molecule has 6 aromatic heterocycles. The van der Waals surface area contributed by atoms with Crippen molar-refractivity contribution in [3.8, 4) is 0 Å². The molecule has 54 heavy (non-hydrogen) atoms. The third-order valence-electron chi connectivity index (χ3n) is 13.3. The largest absolute Gasteiger partial charge is 0.343 e. The van der Waals surface area contributed by atoms with Gasteiger partial charge in [0.2, 0.25) is 0 Å². The van der Waals surface area contributed by atoms with Crippen LogP contribution in [0.1, 0.15) is 50.7 Å². The van der Waals surface area contributed by atoms with E-state index >= 15 is 0 Å². The molecule has 0 radical (unpaired) electrons. The molecule has 13 aromatic rings. The van der Waals surface area contributed by atoms with Crippen LogP contribution in [-0.2, 0) is 14.1 Å². The van der Waals surface area contributed by atoms with Crippen molar-refractivity contribution in [3.63, 3.8) is 0 Å². The summed E-state index contributed by atoms with van der Waals surface area (Å²) in [5.41, 5.74) is 16.2. The van der Waals surface area contributed by atoms with Crippen molar-refractivity contribution in [1.29, 1.82) is 0 Å². The highest BCUT2D eigenvalue weighted by Gasteiger charge is 2.32. The second-order valence-electron chi connectivity index (χ2n) is 16.5. The number of rotatable bonds is 2. The first-order chi connectivity index (χ1) is 26.4. The highest BCUT2D eigenvalue weighted by molar-refractivity contribution is 6.36. The fourth-order valence-electron chi connectivity index (χ4n) is 11.4. The van der Waals surface area contributed by atoms with Gasteiger partial charge in [-0.15, -0.1) is 0 Å². The van der Waals surface area contributed by atoms with Crippen molar-refractivity contribution in [1.82, 2.24) is 17.9 Å². The van der Waals surface area contributed by atoms with E-state index in [2.05, 4.69) is 169 Å². The Morgan fingerprint density at radius 2 is 0.685 bits per heavy atom. The van der Waals surface area contributed by atoms with E-state index in [4.69, 9.17) is 0 Å². The van der Waals surface area contributed by atoms with Gasteiger partial charge in [0.1, 0.15) is 0 Å². The molecule has 0 saturated heterocycles. The van der Waals surface area contributed by atoms with E-state index < -0.39 is 0 Å². The van der Waals surface area contributed by atoms with Crippen molar-refractivity contribution in [2.45, 2.75) is 39.5 Å². The Labute approximate surface area is 310 Å². The van der Waals surface area contributed by atoms with Gasteiger partial charge in [-0.2, -0.15) is 0 Å². The number of nitrogens with zero attached hydrogens (tertiary/aromatic N) is 4. The smallest absolute Gasteiger partial charge is 0.0621 e. The Hall–Kier alpha value is -6.26. The topological polar surface area (TPSA) is 18.7 Å². The van der Waals surface area contributed by atoms with Gasteiger partial charge in [-0.25, -0.2) is 0 Å². The Kier molecular flexibility index (Phi) is 5.11. The summed E-state index contributed by atoms with van der Waals surface area (Å²) < 4.78 is 10.2. The van der Waals surface area contributed by atoms with E-state index in [0.29, 0.717) is 11.8 Å². The van der Waals surface area contributed by atoms with Crippen molar-refractivity contribution >= 4 is 120 Å². The van der Waals surface area contributed by atoms with Crippen LogP contribution in [0, 0.1) is 0 Å². The van der Waals surface area contributed by atoms with Crippen LogP contribution in [0.25, 0.3) is 120 Å². The highest BCUT2D eigenvalue weighted by Crippen LogP contribution is 2.53. The quantitative estimate of drug-likeness (QED) is 0.172. The number of fused-ring (bicyclic) bond motifs is 20. The number of aryl methyl sites for hydroxylation is 2. The number of benzene rings is 7. The van der Waals surface area contributed by atoms with Gasteiger partial charge in [0.25, 0.3) is 0 Å². The maximum absolute atomic E-state index is 2.67. The lowest BCUT2D eigenvalue weighted by Crippen LogP contribution is -2.01. The summed E-state index contributed by atoms with van der Waals surface area (Å²) in [5, 5.41) is 16.2. The SMILES string of the molecule is CC(C)c1c2c3cccc4c5c6c(ccc5n(c2c(C(C)C)c2c5cccc7c8c9c(ccc8n(c12)c57)c1ccccc1n9C)c34)c1ccccc1n6C. The Morgan fingerprint density at radius 1 is 0.315 bits per heavy atom. The molecule has 13 rings (SSSR count). The van der Waals surface area contributed by atoms with Crippen molar-refractivity contribution < 1.29 is 0 Å². The molecule has 0 aliphatic heterocycles. The molecular formula is C50H38N4. The molecule has 0 saturated carbocycles. The van der Waals surface area contributed by atoms with Crippen LogP contribution in [0.2, 0.25) is 0 Å². The van der Waals surface area contributed by atoms with E-state index in [9.17, 15) is 0 Å². The standard InChI is InChI=1S/C50H38N4/c1-25(2)39-43-33-17-11-15-31-42-38(24-22-30-28-14-8-10-20-36(28)52(6)48(30)42)54(45(31)33)50(43)40(26(3)4)44-34-18-12-16-32-41-37(53(46(32)34)49(39)44)23-21-29-27-13-7-9-19-35(27)51(5)47(29)41/h7-26H,1-6H3. The van der Waals surface area contributed by atoms with Gasteiger partial charge in [-0.05, 0) is 47.2 Å². The zero-order chi connectivity index (χ0) is 36.0. The lowest BCUT2D eigenvalue weighted by Gasteiger charge is -2.19. The van der Waals surface area contributed by atoms with Crippen molar-refractivity contribution in [3.05, 3.63) is 120 Å². The number of aromatic nitrogens is 4. The Bertz CT molecular complexity index is 3550. The monoisotopic (exact) mass is 694 g/mol. The molecule has 258 valence electrons. The Morgan fingerprint density at radius 3 is 1.09 bits per heavy atom. The van der Waals surface area contributed by atoms with E-state index in [1.165, 1.54) is 131 Å².